The van der Waals surface area contributed by atoms with Gasteiger partial charge in [0, 0.05) is 49.3 Å². The molecule has 3 N–H and O–H groups in total. The van der Waals surface area contributed by atoms with Gasteiger partial charge in [-0.05, 0) is 91.6 Å². The summed E-state index contributed by atoms with van der Waals surface area (Å²) < 4.78 is 15.9. The summed E-state index contributed by atoms with van der Waals surface area (Å²) in [4.78, 5) is 24.9. The van der Waals surface area contributed by atoms with Crippen LogP contribution in [0.1, 0.15) is 43.6 Å². The van der Waals surface area contributed by atoms with Crippen molar-refractivity contribution in [3.8, 4) is 34.4 Å². The highest BCUT2D eigenvalue weighted by Gasteiger charge is 2.21. The van der Waals surface area contributed by atoms with Gasteiger partial charge in [0.1, 0.15) is 29.0 Å². The van der Waals surface area contributed by atoms with E-state index in [4.69, 9.17) is 21.0 Å². The van der Waals surface area contributed by atoms with Crippen molar-refractivity contribution >= 4 is 22.8 Å². The molecule has 0 saturated carbocycles. The van der Waals surface area contributed by atoms with Crippen LogP contribution in [-0.2, 0) is 6.54 Å². The summed E-state index contributed by atoms with van der Waals surface area (Å²) in [5.41, 5.74) is 12.9. The largest absolute Gasteiger partial charge is 0.383 e. The van der Waals surface area contributed by atoms with Crippen LogP contribution in [0, 0.1) is 24.1 Å². The number of likely N-dealkylation sites (tertiary alicyclic amines) is 1. The minimum Gasteiger partial charge on any atom is -0.383 e. The lowest BCUT2D eigenvalue weighted by Crippen LogP contribution is -2.38. The monoisotopic (exact) mass is 640 g/mol. The Hall–Kier alpha value is -5.73. The topological polar surface area (TPSA) is 134 Å². The molecule has 7 rings (SSSR count). The van der Waals surface area contributed by atoms with Gasteiger partial charge in [-0.1, -0.05) is 26.0 Å². The number of aromatic nitrogens is 6. The lowest BCUT2D eigenvalue weighted by molar-refractivity contribution is 0.211. The van der Waals surface area contributed by atoms with E-state index in [9.17, 15) is 4.39 Å². The van der Waals surface area contributed by atoms with Crippen molar-refractivity contribution < 1.29 is 4.39 Å². The van der Waals surface area contributed by atoms with Crippen LogP contribution in [0.15, 0.2) is 85.2 Å². The molecule has 10 nitrogen and oxygen atoms in total. The van der Waals surface area contributed by atoms with E-state index < -0.39 is 0 Å². The zero-order valence-electron chi connectivity index (χ0n) is 27.2. The van der Waals surface area contributed by atoms with Crippen molar-refractivity contribution in [1.82, 2.24) is 34.4 Å². The maximum absolute atomic E-state index is 13.9. The fraction of sp³-hybridized carbons (Fsp3) is 0.243. The number of pyridine rings is 2. The highest BCUT2D eigenvalue weighted by Crippen LogP contribution is 2.32. The summed E-state index contributed by atoms with van der Waals surface area (Å²) in [6.07, 6.45) is 5.22. The van der Waals surface area contributed by atoms with E-state index in [0.29, 0.717) is 40.2 Å². The first-order valence-electron chi connectivity index (χ1n) is 16.1. The fourth-order valence-corrected chi connectivity index (χ4v) is 6.00. The molecule has 1 aliphatic heterocycles. The van der Waals surface area contributed by atoms with Crippen molar-refractivity contribution in [1.29, 1.82) is 5.26 Å². The number of nitrogens with two attached hydrogens (primary N) is 1. The smallest absolute Gasteiger partial charge is 0.234 e. The van der Waals surface area contributed by atoms with Gasteiger partial charge in [-0.25, -0.2) is 29.3 Å². The number of fused-ring (bicyclic) bond motifs is 1. The molecule has 2 aromatic carbocycles. The first-order valence-corrected chi connectivity index (χ1v) is 16.1. The lowest BCUT2D eigenvalue weighted by Gasteiger charge is -2.32. The van der Waals surface area contributed by atoms with Crippen LogP contribution >= 0.6 is 0 Å². The molecule has 0 spiro atoms. The summed E-state index contributed by atoms with van der Waals surface area (Å²) in [6.45, 7) is 8.60. The van der Waals surface area contributed by atoms with Gasteiger partial charge in [0.05, 0.1) is 11.3 Å². The number of benzene rings is 2. The molecule has 1 aliphatic rings. The number of rotatable bonds is 7. The van der Waals surface area contributed by atoms with Crippen LogP contribution in [0.25, 0.3) is 39.5 Å². The van der Waals surface area contributed by atoms with Crippen LogP contribution in [0.3, 0.4) is 0 Å². The van der Waals surface area contributed by atoms with Crippen molar-refractivity contribution in [3.63, 3.8) is 0 Å². The average molecular weight is 641 g/mol. The van der Waals surface area contributed by atoms with Gasteiger partial charge in [-0.15, -0.1) is 0 Å². The molecular formula is C37H37FN10. The third kappa shape index (κ3) is 6.84. The SMILES string of the molecule is CC.Cc1cc(F)ccc1-c1ccc2nc(-c3cccnc3N)n(-c3ccc(CN4CCC(Nc5ccnc(C#N)n5)CC4)cc3)c2n1. The number of piperidine rings is 1. The average Bonchev–Trinajstić information content (AvgIpc) is 3.49. The van der Waals surface area contributed by atoms with Crippen LogP contribution in [0.5, 0.6) is 0 Å². The lowest BCUT2D eigenvalue weighted by atomic mass is 10.0. The standard InChI is InChI=1S/C35H31FN10.C2H6/c1-22-19-24(36)6-9-27(22)29-10-11-30-35(42-29)46(34(43-30)28-3-2-15-40-33(28)38)26-7-4-23(5-8-26)21-45-17-13-25(14-18-45)41-31-12-16-39-32(20-37)44-31;1-2/h2-12,15-16,19,25H,13-14,17-18,21H2,1H3,(H2,38,40)(H,39,41,44);1-2H3. The Labute approximate surface area is 279 Å². The number of imidazole rings is 1. The van der Waals surface area contributed by atoms with Gasteiger partial charge in [0.15, 0.2) is 11.5 Å². The van der Waals surface area contributed by atoms with Crippen molar-refractivity contribution in [2.75, 3.05) is 24.1 Å². The van der Waals surface area contributed by atoms with Gasteiger partial charge in [-0.2, -0.15) is 5.26 Å². The first-order chi connectivity index (χ1) is 23.4. The molecule has 1 fully saturated rings. The Balaban J connectivity index is 0.00000197. The van der Waals surface area contributed by atoms with Gasteiger partial charge in [0.25, 0.3) is 0 Å². The Kier molecular flexibility index (Phi) is 9.64. The van der Waals surface area contributed by atoms with E-state index in [2.05, 4.69) is 49.4 Å². The fourth-order valence-electron chi connectivity index (χ4n) is 6.00. The van der Waals surface area contributed by atoms with Gasteiger partial charge < -0.3 is 11.1 Å². The van der Waals surface area contributed by atoms with E-state index in [1.54, 1.807) is 24.5 Å². The number of nitrogen functional groups attached to an aromatic ring is 1. The molecule has 0 atom stereocenters. The predicted molar refractivity (Wildman–Crippen MR) is 187 cm³/mol. The second kappa shape index (κ2) is 14.4. The highest BCUT2D eigenvalue weighted by atomic mass is 19.1. The maximum atomic E-state index is 13.9. The Morgan fingerprint density at radius 3 is 2.44 bits per heavy atom. The third-order valence-corrected chi connectivity index (χ3v) is 8.34. The van der Waals surface area contributed by atoms with Gasteiger partial charge >= 0.3 is 0 Å². The molecule has 0 unspecified atom stereocenters. The molecule has 5 heterocycles. The van der Waals surface area contributed by atoms with Gasteiger partial charge in [-0.3, -0.25) is 9.47 Å². The third-order valence-electron chi connectivity index (χ3n) is 8.34. The van der Waals surface area contributed by atoms with E-state index in [-0.39, 0.29) is 11.6 Å². The van der Waals surface area contributed by atoms with E-state index in [0.717, 1.165) is 55.0 Å². The molecule has 4 aromatic heterocycles. The summed E-state index contributed by atoms with van der Waals surface area (Å²) in [5.74, 6) is 1.61. The quantitative estimate of drug-likeness (QED) is 0.190. The first kappa shape index (κ1) is 32.2. The van der Waals surface area contributed by atoms with Crippen molar-refractivity contribution in [2.45, 2.75) is 46.2 Å². The van der Waals surface area contributed by atoms with Crippen molar-refractivity contribution in [2.24, 2.45) is 0 Å². The number of anilines is 2. The number of nitrogens with one attached hydrogen (secondary N) is 1. The minimum atomic E-state index is -0.278. The van der Waals surface area contributed by atoms with E-state index in [1.165, 1.54) is 17.7 Å². The highest BCUT2D eigenvalue weighted by molar-refractivity contribution is 5.84. The van der Waals surface area contributed by atoms with Crippen LogP contribution in [-0.4, -0.2) is 53.5 Å². The van der Waals surface area contributed by atoms with E-state index in [1.807, 2.05) is 55.7 Å². The molecule has 1 saturated heterocycles. The zero-order valence-corrected chi connectivity index (χ0v) is 27.2. The minimum absolute atomic E-state index is 0.171. The van der Waals surface area contributed by atoms with Gasteiger partial charge in [0.2, 0.25) is 5.82 Å². The van der Waals surface area contributed by atoms with Crippen LogP contribution in [0.4, 0.5) is 16.0 Å². The normalized spacial score (nSPS) is 13.5. The molecule has 0 bridgehead atoms. The molecule has 0 aliphatic carbocycles. The molecule has 0 radical (unpaired) electrons. The number of nitrogens with zero attached hydrogens (tertiary/aromatic N) is 8. The number of hydrogen-bond donors (Lipinski definition) is 2. The summed E-state index contributed by atoms with van der Waals surface area (Å²) in [5, 5.41) is 12.5. The Morgan fingerprint density at radius 1 is 0.917 bits per heavy atom. The number of nitriles is 1. The second-order valence-electron chi connectivity index (χ2n) is 11.4. The number of aryl methyl sites for hydroxylation is 1. The molecular weight excluding hydrogens is 603 g/mol. The van der Waals surface area contributed by atoms with Crippen molar-refractivity contribution in [3.05, 3.63) is 108 Å². The van der Waals surface area contributed by atoms with Crippen LogP contribution in [0.2, 0.25) is 0 Å². The van der Waals surface area contributed by atoms with E-state index >= 15 is 0 Å². The number of halogens is 1. The van der Waals surface area contributed by atoms with Crippen LogP contribution < -0.4 is 11.1 Å². The molecule has 0 amide bonds. The molecule has 6 aromatic rings. The molecule has 11 heteroatoms. The maximum Gasteiger partial charge on any atom is 0.234 e. The second-order valence-corrected chi connectivity index (χ2v) is 11.4. The predicted octanol–water partition coefficient (Wildman–Crippen LogP) is 6.94. The summed E-state index contributed by atoms with van der Waals surface area (Å²) in [7, 11) is 0. The molecule has 48 heavy (non-hydrogen) atoms. The summed E-state index contributed by atoms with van der Waals surface area (Å²) in [6, 6.07) is 24.9. The Morgan fingerprint density at radius 2 is 1.71 bits per heavy atom. The summed E-state index contributed by atoms with van der Waals surface area (Å²) >= 11 is 0. The molecule has 242 valence electrons. The number of hydrogen-bond acceptors (Lipinski definition) is 9. The Bertz CT molecular complexity index is 2080. The zero-order chi connectivity index (χ0) is 33.6.